The van der Waals surface area contributed by atoms with Gasteiger partial charge in [0.2, 0.25) is 0 Å². The van der Waals surface area contributed by atoms with Crippen LogP contribution < -0.4 is 0 Å². The van der Waals surface area contributed by atoms with E-state index in [9.17, 15) is 4.79 Å². The number of nitrogens with zero attached hydrogens (tertiary/aromatic N) is 2. The van der Waals surface area contributed by atoms with Crippen molar-refractivity contribution in [2.75, 3.05) is 33.2 Å². The Morgan fingerprint density at radius 3 is 2.60 bits per heavy atom. The lowest BCUT2D eigenvalue weighted by Gasteiger charge is -2.22. The van der Waals surface area contributed by atoms with Gasteiger partial charge in [0.1, 0.15) is 5.69 Å². The maximum absolute atomic E-state index is 12.9. The van der Waals surface area contributed by atoms with E-state index in [1.807, 2.05) is 30.1 Å². The largest absolute Gasteiger partial charge is 0.350 e. The number of carbonyl (C=O) groups excluding carboxylic acids is 1. The van der Waals surface area contributed by atoms with Crippen molar-refractivity contribution in [3.05, 3.63) is 35.5 Å². The molecule has 4 nitrogen and oxygen atoms in total. The standard InChI is InChI=1S/C21H31N3O/c1-3-17-18-11-6-7-12-19(18)22-20(17)21(25)23(2)13-10-16-24-14-8-4-5-9-15-24/h6-7,11-12,22H,3-5,8-10,13-16H2,1-2H3. The third-order valence-corrected chi connectivity index (χ3v) is 5.39. The maximum Gasteiger partial charge on any atom is 0.270 e. The molecule has 4 heteroatoms. The lowest BCUT2D eigenvalue weighted by atomic mass is 10.1. The van der Waals surface area contributed by atoms with E-state index < -0.39 is 0 Å². The van der Waals surface area contributed by atoms with Crippen LogP contribution in [0.15, 0.2) is 24.3 Å². The fourth-order valence-electron chi connectivity index (χ4n) is 3.93. The lowest BCUT2D eigenvalue weighted by Crippen LogP contribution is -2.32. The number of nitrogens with one attached hydrogen (secondary N) is 1. The molecule has 0 bridgehead atoms. The molecular weight excluding hydrogens is 310 g/mol. The molecule has 136 valence electrons. The molecule has 1 fully saturated rings. The number of aromatic amines is 1. The van der Waals surface area contributed by atoms with Crippen LogP contribution in [0.4, 0.5) is 0 Å². The van der Waals surface area contributed by atoms with Gasteiger partial charge in [-0.25, -0.2) is 0 Å². The maximum atomic E-state index is 12.9. The van der Waals surface area contributed by atoms with Crippen LogP contribution in [0.5, 0.6) is 0 Å². The molecule has 1 aromatic carbocycles. The average Bonchev–Trinajstić information content (AvgIpc) is 2.80. The van der Waals surface area contributed by atoms with Gasteiger partial charge in [0.15, 0.2) is 0 Å². The Hall–Kier alpha value is -1.81. The van der Waals surface area contributed by atoms with Gasteiger partial charge in [-0.1, -0.05) is 38.0 Å². The second-order valence-corrected chi connectivity index (χ2v) is 7.21. The van der Waals surface area contributed by atoms with Crippen molar-refractivity contribution in [1.29, 1.82) is 0 Å². The molecule has 0 radical (unpaired) electrons. The number of hydrogen-bond donors (Lipinski definition) is 1. The quantitative estimate of drug-likeness (QED) is 0.860. The second kappa shape index (κ2) is 8.52. The van der Waals surface area contributed by atoms with Gasteiger partial charge in [-0.2, -0.15) is 0 Å². The number of benzene rings is 1. The topological polar surface area (TPSA) is 39.3 Å². The summed E-state index contributed by atoms with van der Waals surface area (Å²) in [5, 5.41) is 1.17. The molecule has 1 N–H and O–H groups in total. The number of aryl methyl sites for hydroxylation is 1. The number of para-hydroxylation sites is 1. The van der Waals surface area contributed by atoms with Crippen molar-refractivity contribution in [2.24, 2.45) is 0 Å². The molecule has 1 aromatic heterocycles. The molecule has 0 aliphatic carbocycles. The molecule has 0 atom stereocenters. The van der Waals surface area contributed by atoms with Crippen LogP contribution >= 0.6 is 0 Å². The van der Waals surface area contributed by atoms with Gasteiger partial charge >= 0.3 is 0 Å². The summed E-state index contributed by atoms with van der Waals surface area (Å²) >= 11 is 0. The number of likely N-dealkylation sites (tertiary alicyclic amines) is 1. The number of rotatable bonds is 6. The minimum absolute atomic E-state index is 0.115. The fourth-order valence-corrected chi connectivity index (χ4v) is 3.93. The Balaban J connectivity index is 1.60. The third kappa shape index (κ3) is 4.24. The van der Waals surface area contributed by atoms with E-state index in [1.165, 1.54) is 44.2 Å². The zero-order valence-electron chi connectivity index (χ0n) is 15.7. The van der Waals surface area contributed by atoms with E-state index in [0.717, 1.165) is 42.7 Å². The zero-order chi connectivity index (χ0) is 17.6. The van der Waals surface area contributed by atoms with Crippen LogP contribution in [-0.2, 0) is 6.42 Å². The molecule has 1 aliphatic rings. The van der Waals surface area contributed by atoms with Crippen molar-refractivity contribution in [2.45, 2.75) is 45.4 Å². The van der Waals surface area contributed by atoms with E-state index in [2.05, 4.69) is 22.9 Å². The van der Waals surface area contributed by atoms with Crippen molar-refractivity contribution in [1.82, 2.24) is 14.8 Å². The first-order valence-electron chi connectivity index (χ1n) is 9.78. The monoisotopic (exact) mass is 341 g/mol. The van der Waals surface area contributed by atoms with Crippen molar-refractivity contribution < 1.29 is 4.79 Å². The van der Waals surface area contributed by atoms with E-state index in [0.29, 0.717) is 0 Å². The second-order valence-electron chi connectivity index (χ2n) is 7.21. The third-order valence-electron chi connectivity index (χ3n) is 5.39. The number of amides is 1. The minimum atomic E-state index is 0.115. The summed E-state index contributed by atoms with van der Waals surface area (Å²) < 4.78 is 0. The minimum Gasteiger partial charge on any atom is -0.350 e. The zero-order valence-corrected chi connectivity index (χ0v) is 15.7. The molecule has 1 amide bonds. The summed E-state index contributed by atoms with van der Waals surface area (Å²) in [6.07, 6.45) is 7.30. The molecule has 1 saturated heterocycles. The number of H-pyrrole nitrogens is 1. The van der Waals surface area contributed by atoms with Crippen molar-refractivity contribution >= 4 is 16.8 Å². The molecule has 0 spiro atoms. The highest BCUT2D eigenvalue weighted by atomic mass is 16.2. The highest BCUT2D eigenvalue weighted by Crippen LogP contribution is 2.23. The Labute approximate surface area is 151 Å². The Morgan fingerprint density at radius 2 is 1.88 bits per heavy atom. The molecule has 3 rings (SSSR count). The van der Waals surface area contributed by atoms with Crippen molar-refractivity contribution in [3.8, 4) is 0 Å². The first-order chi connectivity index (χ1) is 12.2. The van der Waals surface area contributed by atoms with Gasteiger partial charge in [0.25, 0.3) is 5.91 Å². The molecular formula is C21H31N3O. The van der Waals surface area contributed by atoms with Crippen LogP contribution in [0.25, 0.3) is 10.9 Å². The molecule has 0 unspecified atom stereocenters. The predicted molar refractivity (Wildman–Crippen MR) is 104 cm³/mol. The van der Waals surface area contributed by atoms with E-state index in [-0.39, 0.29) is 5.91 Å². The average molecular weight is 341 g/mol. The van der Waals surface area contributed by atoms with Crippen LogP contribution in [0.2, 0.25) is 0 Å². The number of carbonyl (C=O) groups is 1. The smallest absolute Gasteiger partial charge is 0.270 e. The van der Waals surface area contributed by atoms with E-state index in [4.69, 9.17) is 0 Å². The summed E-state index contributed by atoms with van der Waals surface area (Å²) in [7, 11) is 1.93. The molecule has 25 heavy (non-hydrogen) atoms. The summed E-state index contributed by atoms with van der Waals surface area (Å²) in [6, 6.07) is 8.19. The van der Waals surface area contributed by atoms with Gasteiger partial charge in [-0.3, -0.25) is 4.79 Å². The fraction of sp³-hybridized carbons (Fsp3) is 0.571. The van der Waals surface area contributed by atoms with E-state index >= 15 is 0 Å². The number of fused-ring (bicyclic) bond motifs is 1. The SMILES string of the molecule is CCc1c(C(=O)N(C)CCCN2CCCCCC2)[nH]c2ccccc12. The Morgan fingerprint density at radius 1 is 1.16 bits per heavy atom. The Bertz CT molecular complexity index is 698. The number of aromatic nitrogens is 1. The van der Waals surface area contributed by atoms with Crippen LogP contribution in [0, 0.1) is 0 Å². The molecule has 2 heterocycles. The van der Waals surface area contributed by atoms with Crippen LogP contribution in [0.3, 0.4) is 0 Å². The summed E-state index contributed by atoms with van der Waals surface area (Å²) in [5.41, 5.74) is 2.96. The van der Waals surface area contributed by atoms with Crippen LogP contribution in [0.1, 0.15) is 55.1 Å². The van der Waals surface area contributed by atoms with Gasteiger partial charge in [-0.15, -0.1) is 0 Å². The Kier molecular flexibility index (Phi) is 6.14. The summed E-state index contributed by atoms with van der Waals surface area (Å²) in [5.74, 6) is 0.115. The normalized spacial score (nSPS) is 16.1. The molecule has 0 saturated carbocycles. The molecule has 1 aliphatic heterocycles. The first-order valence-corrected chi connectivity index (χ1v) is 9.78. The predicted octanol–water partition coefficient (Wildman–Crippen LogP) is 4.07. The van der Waals surface area contributed by atoms with Gasteiger partial charge in [-0.05, 0) is 56.9 Å². The van der Waals surface area contributed by atoms with Gasteiger partial charge < -0.3 is 14.8 Å². The summed E-state index contributed by atoms with van der Waals surface area (Å²) in [4.78, 5) is 20.7. The van der Waals surface area contributed by atoms with Gasteiger partial charge in [0, 0.05) is 24.5 Å². The van der Waals surface area contributed by atoms with Crippen molar-refractivity contribution in [3.63, 3.8) is 0 Å². The molecule has 2 aromatic rings. The number of hydrogen-bond acceptors (Lipinski definition) is 2. The highest BCUT2D eigenvalue weighted by Gasteiger charge is 2.19. The van der Waals surface area contributed by atoms with Crippen LogP contribution in [-0.4, -0.2) is 53.9 Å². The van der Waals surface area contributed by atoms with Gasteiger partial charge in [0.05, 0.1) is 0 Å². The first kappa shape index (κ1) is 18.0. The summed E-state index contributed by atoms with van der Waals surface area (Å²) in [6.45, 7) is 6.48. The lowest BCUT2D eigenvalue weighted by molar-refractivity contribution is 0.0782. The highest BCUT2D eigenvalue weighted by molar-refractivity contribution is 6.00. The van der Waals surface area contributed by atoms with E-state index in [1.54, 1.807) is 0 Å².